The van der Waals surface area contributed by atoms with Gasteiger partial charge in [0.2, 0.25) is 0 Å². The summed E-state index contributed by atoms with van der Waals surface area (Å²) in [5, 5.41) is 26.9. The largest absolute Gasteiger partial charge is 0.497 e. The van der Waals surface area contributed by atoms with Gasteiger partial charge in [-0.05, 0) is 17.7 Å². The van der Waals surface area contributed by atoms with Crippen LogP contribution in [0.15, 0.2) is 24.3 Å². The molecule has 76 valence electrons. The summed E-state index contributed by atoms with van der Waals surface area (Å²) in [4.78, 5) is 0. The SMILES string of the molecule is COc1ccc(C(O)C(C#N)C#N)cc1. The molecular formula is C11H10N2O2. The van der Waals surface area contributed by atoms with Crippen molar-refractivity contribution < 1.29 is 9.84 Å². The van der Waals surface area contributed by atoms with E-state index in [1.807, 2.05) is 0 Å². The summed E-state index contributed by atoms with van der Waals surface area (Å²) in [7, 11) is 1.54. The van der Waals surface area contributed by atoms with E-state index in [2.05, 4.69) is 0 Å². The third-order valence-electron chi connectivity index (χ3n) is 2.05. The zero-order valence-corrected chi connectivity index (χ0v) is 8.21. The molecule has 0 aliphatic carbocycles. The zero-order chi connectivity index (χ0) is 11.3. The van der Waals surface area contributed by atoms with Crippen LogP contribution in [0.4, 0.5) is 0 Å². The van der Waals surface area contributed by atoms with Gasteiger partial charge in [-0.15, -0.1) is 0 Å². The molecule has 0 aliphatic rings. The first-order chi connectivity index (χ1) is 7.22. The van der Waals surface area contributed by atoms with E-state index in [0.717, 1.165) is 0 Å². The van der Waals surface area contributed by atoms with Crippen LogP contribution >= 0.6 is 0 Å². The Morgan fingerprint density at radius 1 is 1.20 bits per heavy atom. The van der Waals surface area contributed by atoms with E-state index >= 15 is 0 Å². The topological polar surface area (TPSA) is 77.0 Å². The molecule has 1 rings (SSSR count). The van der Waals surface area contributed by atoms with Gasteiger partial charge < -0.3 is 9.84 Å². The van der Waals surface area contributed by atoms with E-state index in [-0.39, 0.29) is 0 Å². The molecule has 4 nitrogen and oxygen atoms in total. The highest BCUT2D eigenvalue weighted by Crippen LogP contribution is 2.23. The van der Waals surface area contributed by atoms with Crippen LogP contribution in [0.3, 0.4) is 0 Å². The molecule has 15 heavy (non-hydrogen) atoms. The lowest BCUT2D eigenvalue weighted by Crippen LogP contribution is -2.08. The number of hydrogen-bond donors (Lipinski definition) is 1. The van der Waals surface area contributed by atoms with Crippen molar-refractivity contribution in [1.82, 2.24) is 0 Å². The number of aliphatic hydroxyl groups is 1. The molecule has 0 amide bonds. The summed E-state index contributed by atoms with van der Waals surface area (Å²) in [6, 6.07) is 10.1. The molecule has 0 heterocycles. The van der Waals surface area contributed by atoms with Crippen LogP contribution in [0.2, 0.25) is 0 Å². The fraction of sp³-hybridized carbons (Fsp3) is 0.273. The molecule has 1 unspecified atom stereocenters. The number of methoxy groups -OCH3 is 1. The molecule has 0 fully saturated rings. The monoisotopic (exact) mass is 202 g/mol. The first-order valence-electron chi connectivity index (χ1n) is 4.34. The van der Waals surface area contributed by atoms with Gasteiger partial charge >= 0.3 is 0 Å². The molecule has 1 aromatic rings. The Morgan fingerprint density at radius 2 is 1.73 bits per heavy atom. The summed E-state index contributed by atoms with van der Waals surface area (Å²) in [5.41, 5.74) is 0.531. The highest BCUT2D eigenvalue weighted by molar-refractivity contribution is 5.30. The fourth-order valence-electron chi connectivity index (χ4n) is 1.16. The molecule has 0 bridgehead atoms. The second-order valence-corrected chi connectivity index (χ2v) is 2.95. The van der Waals surface area contributed by atoms with Crippen molar-refractivity contribution in [1.29, 1.82) is 10.5 Å². The lowest BCUT2D eigenvalue weighted by atomic mass is 9.98. The molecule has 1 N–H and O–H groups in total. The maximum absolute atomic E-state index is 9.66. The third-order valence-corrected chi connectivity index (χ3v) is 2.05. The first kappa shape index (κ1) is 11.0. The van der Waals surface area contributed by atoms with Crippen molar-refractivity contribution in [3.05, 3.63) is 29.8 Å². The Bertz CT molecular complexity index is 386. The van der Waals surface area contributed by atoms with Gasteiger partial charge in [-0.2, -0.15) is 10.5 Å². The van der Waals surface area contributed by atoms with Crippen LogP contribution in [0.5, 0.6) is 5.75 Å². The highest BCUT2D eigenvalue weighted by atomic mass is 16.5. The van der Waals surface area contributed by atoms with Crippen molar-refractivity contribution >= 4 is 0 Å². The van der Waals surface area contributed by atoms with Crippen molar-refractivity contribution in [2.24, 2.45) is 5.92 Å². The van der Waals surface area contributed by atoms with Crippen molar-refractivity contribution in [2.45, 2.75) is 6.10 Å². The number of hydrogen-bond acceptors (Lipinski definition) is 4. The van der Waals surface area contributed by atoms with Crippen molar-refractivity contribution in [3.63, 3.8) is 0 Å². The summed E-state index contributed by atoms with van der Waals surface area (Å²) in [6.45, 7) is 0. The summed E-state index contributed by atoms with van der Waals surface area (Å²) < 4.78 is 4.95. The van der Waals surface area contributed by atoms with Crippen LogP contribution in [0, 0.1) is 28.6 Å². The number of benzene rings is 1. The van der Waals surface area contributed by atoms with Gasteiger partial charge in [0.1, 0.15) is 11.9 Å². The minimum atomic E-state index is -1.08. The van der Waals surface area contributed by atoms with Gasteiger partial charge in [0, 0.05) is 0 Å². The second-order valence-electron chi connectivity index (χ2n) is 2.95. The van der Waals surface area contributed by atoms with Crippen molar-refractivity contribution in [3.8, 4) is 17.9 Å². The van der Waals surface area contributed by atoms with Crippen LogP contribution in [-0.4, -0.2) is 12.2 Å². The molecule has 4 heteroatoms. The quantitative estimate of drug-likeness (QED) is 0.803. The smallest absolute Gasteiger partial charge is 0.163 e. The maximum atomic E-state index is 9.66. The molecule has 1 atom stereocenters. The van der Waals surface area contributed by atoms with Crippen LogP contribution in [-0.2, 0) is 0 Å². The van der Waals surface area contributed by atoms with Gasteiger partial charge in [0.05, 0.1) is 19.2 Å². The summed E-state index contributed by atoms with van der Waals surface area (Å²) in [6.07, 6.45) is -1.08. The average Bonchev–Trinajstić information content (AvgIpc) is 2.30. The van der Waals surface area contributed by atoms with E-state index in [9.17, 15) is 5.11 Å². The molecule has 0 radical (unpaired) electrons. The zero-order valence-electron chi connectivity index (χ0n) is 8.21. The van der Waals surface area contributed by atoms with E-state index in [1.165, 1.54) is 0 Å². The van der Waals surface area contributed by atoms with E-state index in [1.54, 1.807) is 43.5 Å². The summed E-state index contributed by atoms with van der Waals surface area (Å²) in [5.74, 6) is -0.380. The van der Waals surface area contributed by atoms with E-state index in [0.29, 0.717) is 11.3 Å². The second kappa shape index (κ2) is 4.99. The lowest BCUT2D eigenvalue weighted by Gasteiger charge is -2.11. The number of aliphatic hydroxyl groups excluding tert-OH is 1. The third kappa shape index (κ3) is 2.46. The van der Waals surface area contributed by atoms with Gasteiger partial charge in [-0.1, -0.05) is 12.1 Å². The Balaban J connectivity index is 2.88. The Hall–Kier alpha value is -2.04. The van der Waals surface area contributed by atoms with Gasteiger partial charge in [0.15, 0.2) is 5.92 Å². The first-order valence-corrected chi connectivity index (χ1v) is 4.34. The number of ether oxygens (including phenoxy) is 1. The molecule has 1 aromatic carbocycles. The average molecular weight is 202 g/mol. The number of rotatable bonds is 3. The molecule has 0 saturated carbocycles. The van der Waals surface area contributed by atoms with Crippen LogP contribution in [0.25, 0.3) is 0 Å². The standard InChI is InChI=1S/C11H10N2O2/c1-15-10-4-2-8(3-5-10)11(14)9(6-12)7-13/h2-5,9,11,14H,1H3. The lowest BCUT2D eigenvalue weighted by molar-refractivity contribution is 0.156. The number of nitrogens with zero attached hydrogens (tertiary/aromatic N) is 2. The van der Waals surface area contributed by atoms with Crippen molar-refractivity contribution in [2.75, 3.05) is 7.11 Å². The highest BCUT2D eigenvalue weighted by Gasteiger charge is 2.19. The Morgan fingerprint density at radius 3 is 2.13 bits per heavy atom. The van der Waals surface area contributed by atoms with Gasteiger partial charge in [0.25, 0.3) is 0 Å². The minimum Gasteiger partial charge on any atom is -0.497 e. The Labute approximate surface area is 87.9 Å². The van der Waals surface area contributed by atoms with Crippen LogP contribution < -0.4 is 4.74 Å². The van der Waals surface area contributed by atoms with Gasteiger partial charge in [-0.3, -0.25) is 0 Å². The Kier molecular flexibility index (Phi) is 3.68. The maximum Gasteiger partial charge on any atom is 0.163 e. The fourth-order valence-corrected chi connectivity index (χ4v) is 1.16. The molecular weight excluding hydrogens is 192 g/mol. The van der Waals surface area contributed by atoms with Crippen LogP contribution in [0.1, 0.15) is 11.7 Å². The van der Waals surface area contributed by atoms with E-state index < -0.39 is 12.0 Å². The minimum absolute atomic E-state index is 0.531. The predicted octanol–water partition coefficient (Wildman–Crippen LogP) is 1.39. The number of nitriles is 2. The normalized spacial score (nSPS) is 11.5. The predicted molar refractivity (Wildman–Crippen MR) is 52.7 cm³/mol. The molecule has 0 spiro atoms. The summed E-state index contributed by atoms with van der Waals surface area (Å²) >= 11 is 0. The molecule has 0 aromatic heterocycles. The van der Waals surface area contributed by atoms with E-state index in [4.69, 9.17) is 15.3 Å². The molecule has 0 aliphatic heterocycles. The van der Waals surface area contributed by atoms with Gasteiger partial charge in [-0.25, -0.2) is 0 Å². The molecule has 0 saturated heterocycles.